The number of aromatic hydroxyl groups is 1. The highest BCUT2D eigenvalue weighted by atomic mass is 16.7. The molecule has 16 heteroatoms. The van der Waals surface area contributed by atoms with Gasteiger partial charge in [0.25, 0.3) is 11.7 Å². The van der Waals surface area contributed by atoms with Crippen LogP contribution >= 0.6 is 0 Å². The third-order valence-corrected chi connectivity index (χ3v) is 13.2. The van der Waals surface area contributed by atoms with E-state index in [0.717, 1.165) is 6.42 Å². The number of benzene rings is 1. The number of amides is 1. The minimum atomic E-state index is -1.63. The van der Waals surface area contributed by atoms with Crippen LogP contribution in [-0.4, -0.2) is 113 Å². The summed E-state index contributed by atoms with van der Waals surface area (Å²) in [5.41, 5.74) is 6.06. The number of esters is 1. The molecule has 2 aliphatic heterocycles. The van der Waals surface area contributed by atoms with Crippen LogP contribution in [0, 0.1) is 42.4 Å². The standard InChI is InChI=1S/C41H55NO12.C6H13NO2/c1-13-29(51-11)19(5)37(53-23(9)43)21(7)33(45)20(6)34(46)26-15-25(26)28(44)14-18(4)40(50)42-27-16-24(17(2)3)30-31(36(27)48)35(47)22(8)38-32(30)39(49)41(10,52-12)54-38;1-4-5(7)2-3-6(8)9-4/h13-14,16-17,19-21,24-26,29,33-34,37,45-47H,1,15H2,2-12H3,(H,42,50);4-6,8H,2-3,7H2,1H3/b18-14-;. The number of phenolic OH excluding ortho intramolecular Hbond substituents is 1. The number of hydrogen-bond acceptors (Lipinski definition) is 15. The normalized spacial score (nSPS) is 28.7. The van der Waals surface area contributed by atoms with Crippen LogP contribution in [0.1, 0.15) is 119 Å². The maximum atomic E-state index is 13.9. The van der Waals surface area contributed by atoms with E-state index in [4.69, 9.17) is 34.5 Å². The monoisotopic (exact) mass is 884 g/mol. The van der Waals surface area contributed by atoms with Crippen LogP contribution in [0.2, 0.25) is 0 Å². The van der Waals surface area contributed by atoms with Crippen molar-refractivity contribution in [1.29, 1.82) is 0 Å². The Kier molecular flexibility index (Phi) is 16.9. The fourth-order valence-corrected chi connectivity index (χ4v) is 8.85. The summed E-state index contributed by atoms with van der Waals surface area (Å²) in [7, 11) is 2.84. The molecular weight excluding hydrogens is 817 g/mol. The Morgan fingerprint density at radius 2 is 1.67 bits per heavy atom. The number of nitrogens with one attached hydrogen (secondary N) is 1. The average molecular weight is 885 g/mol. The molecule has 14 atom stereocenters. The number of allylic oxidation sites excluding steroid dienone is 3. The van der Waals surface area contributed by atoms with Gasteiger partial charge in [-0.1, -0.05) is 40.7 Å². The van der Waals surface area contributed by atoms with Crippen molar-refractivity contribution in [3.05, 3.63) is 58.3 Å². The number of ether oxygens (including phenoxy) is 5. The van der Waals surface area contributed by atoms with E-state index in [0.29, 0.717) is 18.4 Å². The molecule has 1 aromatic carbocycles. The maximum Gasteiger partial charge on any atom is 0.302 e. The van der Waals surface area contributed by atoms with Crippen LogP contribution in [0.5, 0.6) is 11.5 Å². The van der Waals surface area contributed by atoms with Crippen molar-refractivity contribution in [2.75, 3.05) is 14.2 Å². The fraction of sp³-hybridized carbons (Fsp3) is 0.638. The van der Waals surface area contributed by atoms with Crippen molar-refractivity contribution in [2.45, 2.75) is 143 Å². The largest absolute Gasteiger partial charge is 0.507 e. The molecule has 2 heterocycles. The second-order valence-corrected chi connectivity index (χ2v) is 18.0. The molecule has 1 saturated carbocycles. The molecule has 0 aromatic heterocycles. The lowest BCUT2D eigenvalue weighted by atomic mass is 9.75. The predicted molar refractivity (Wildman–Crippen MR) is 232 cm³/mol. The van der Waals surface area contributed by atoms with E-state index in [1.165, 1.54) is 48.0 Å². The Morgan fingerprint density at radius 1 is 1.03 bits per heavy atom. The zero-order valence-electron chi connectivity index (χ0n) is 38.6. The van der Waals surface area contributed by atoms with Gasteiger partial charge in [0.05, 0.1) is 41.2 Å². The van der Waals surface area contributed by atoms with Crippen LogP contribution in [0.3, 0.4) is 0 Å². The highest BCUT2D eigenvalue weighted by molar-refractivity contribution is 6.19. The third-order valence-electron chi connectivity index (χ3n) is 13.2. The predicted octanol–water partition coefficient (Wildman–Crippen LogP) is 4.32. The van der Waals surface area contributed by atoms with Crippen molar-refractivity contribution in [1.82, 2.24) is 5.32 Å². The van der Waals surface area contributed by atoms with E-state index in [2.05, 4.69) is 11.9 Å². The molecule has 0 radical (unpaired) electrons. The van der Waals surface area contributed by atoms with Crippen LogP contribution < -0.4 is 15.8 Å². The van der Waals surface area contributed by atoms with Gasteiger partial charge in [0.15, 0.2) is 12.1 Å². The summed E-state index contributed by atoms with van der Waals surface area (Å²) in [5.74, 6) is -8.14. The SMILES string of the molecule is C=CC(OC)C(C)C(OC(C)=O)C(C)C(O)C(C)C(O)C1CC1C(=O)/C=C(/C)C(=O)NC1=CC(C(C)C)c2c(c(O)c(C)c3c2C(=O)C(C)(OC)O3)C1=O.CC1OC(O)CCC1N. The number of carbonyl (C=O) groups is 5. The van der Waals surface area contributed by atoms with Crippen molar-refractivity contribution in [3.63, 3.8) is 0 Å². The number of Topliss-reactive ketones (excluding diaryl/α,β-unsaturated/α-hetero) is 2. The topological polar surface area (TPSA) is 250 Å². The zero-order valence-corrected chi connectivity index (χ0v) is 38.6. The molecule has 0 bridgehead atoms. The summed E-state index contributed by atoms with van der Waals surface area (Å²) >= 11 is 0. The summed E-state index contributed by atoms with van der Waals surface area (Å²) in [4.78, 5) is 66.1. The van der Waals surface area contributed by atoms with Gasteiger partial charge in [-0.25, -0.2) is 0 Å². The highest BCUT2D eigenvalue weighted by Gasteiger charge is 2.52. The Morgan fingerprint density at radius 3 is 2.19 bits per heavy atom. The van der Waals surface area contributed by atoms with E-state index < -0.39 is 89.5 Å². The first-order valence-electron chi connectivity index (χ1n) is 21.6. The molecule has 1 amide bonds. The molecule has 14 unspecified atom stereocenters. The molecular formula is C47H68N2O14. The summed E-state index contributed by atoms with van der Waals surface area (Å²) in [6.45, 7) is 20.3. The Bertz CT molecular complexity index is 1990. The summed E-state index contributed by atoms with van der Waals surface area (Å²) in [6, 6.07) is 0.105. The van der Waals surface area contributed by atoms with Crippen molar-refractivity contribution >= 4 is 29.2 Å². The van der Waals surface area contributed by atoms with E-state index in [-0.39, 0.29) is 69.2 Å². The molecule has 5 rings (SSSR count). The van der Waals surface area contributed by atoms with E-state index in [1.54, 1.807) is 26.0 Å². The lowest BCUT2D eigenvalue weighted by Crippen LogP contribution is -2.46. The highest BCUT2D eigenvalue weighted by Crippen LogP contribution is 2.51. The van der Waals surface area contributed by atoms with Crippen LogP contribution in [0.25, 0.3) is 0 Å². The molecule has 16 nitrogen and oxygen atoms in total. The smallest absolute Gasteiger partial charge is 0.302 e. The number of aliphatic hydroxyl groups excluding tert-OH is 3. The van der Waals surface area contributed by atoms with Gasteiger partial charge in [-0.05, 0) is 69.6 Å². The van der Waals surface area contributed by atoms with E-state index in [1.807, 2.05) is 27.7 Å². The van der Waals surface area contributed by atoms with Gasteiger partial charge in [0.2, 0.25) is 11.6 Å². The number of nitrogens with two attached hydrogens (primary N) is 1. The van der Waals surface area contributed by atoms with Crippen molar-refractivity contribution < 1.29 is 68.1 Å². The van der Waals surface area contributed by atoms with Gasteiger partial charge in [0.1, 0.15) is 17.6 Å². The lowest BCUT2D eigenvalue weighted by Gasteiger charge is -2.37. The van der Waals surface area contributed by atoms with E-state index >= 15 is 0 Å². The quantitative estimate of drug-likeness (QED) is 0.0769. The van der Waals surface area contributed by atoms with Crippen LogP contribution in [0.15, 0.2) is 36.1 Å². The average Bonchev–Trinajstić information content (AvgIpc) is 3.99. The lowest BCUT2D eigenvalue weighted by molar-refractivity contribution is -0.162. The second kappa shape index (κ2) is 20.7. The molecule has 4 aliphatic rings. The molecule has 0 spiro atoms. The Balaban J connectivity index is 0.000000858. The number of phenols is 1. The number of hydrogen-bond donors (Lipinski definition) is 6. The Hall–Kier alpha value is -4.29. The first kappa shape index (κ1) is 51.3. The molecule has 1 aromatic rings. The molecule has 7 N–H and O–H groups in total. The number of aliphatic hydroxyl groups is 3. The van der Waals surface area contributed by atoms with Gasteiger partial charge < -0.3 is 55.2 Å². The van der Waals surface area contributed by atoms with Gasteiger partial charge in [0, 0.05) is 74.8 Å². The number of ketones is 3. The van der Waals surface area contributed by atoms with Crippen LogP contribution in [0.4, 0.5) is 0 Å². The number of fused-ring (bicyclic) bond motifs is 3. The first-order chi connectivity index (χ1) is 29.4. The number of methoxy groups -OCH3 is 2. The van der Waals surface area contributed by atoms with Crippen molar-refractivity contribution in [2.24, 2.45) is 41.2 Å². The number of rotatable bonds is 16. The zero-order chi connectivity index (χ0) is 47.6. The maximum absolute atomic E-state index is 13.9. The van der Waals surface area contributed by atoms with Crippen molar-refractivity contribution in [3.8, 4) is 11.5 Å². The molecule has 63 heavy (non-hydrogen) atoms. The first-order valence-corrected chi connectivity index (χ1v) is 21.6. The van der Waals surface area contributed by atoms with Gasteiger partial charge >= 0.3 is 5.97 Å². The van der Waals surface area contributed by atoms with E-state index in [9.17, 15) is 39.3 Å². The minimum absolute atomic E-state index is 0.00810. The summed E-state index contributed by atoms with van der Waals surface area (Å²) in [6.07, 6.45) is 2.24. The fourth-order valence-electron chi connectivity index (χ4n) is 8.85. The minimum Gasteiger partial charge on any atom is -0.507 e. The molecule has 350 valence electrons. The van der Waals surface area contributed by atoms with Gasteiger partial charge in [-0.2, -0.15) is 0 Å². The second-order valence-electron chi connectivity index (χ2n) is 18.0. The summed E-state index contributed by atoms with van der Waals surface area (Å²) < 4.78 is 27.3. The number of carbonyl (C=O) groups excluding carboxylic acids is 5. The molecule has 2 fully saturated rings. The Labute approximate surface area is 370 Å². The third kappa shape index (κ3) is 10.8. The van der Waals surface area contributed by atoms with Gasteiger partial charge in [-0.15, -0.1) is 6.58 Å². The summed E-state index contributed by atoms with van der Waals surface area (Å²) in [5, 5.41) is 45.3. The van der Waals surface area contributed by atoms with Gasteiger partial charge in [-0.3, -0.25) is 24.0 Å². The van der Waals surface area contributed by atoms with Crippen LogP contribution in [-0.2, 0) is 33.3 Å². The molecule has 1 saturated heterocycles. The molecule has 2 aliphatic carbocycles.